The number of nitrogens with one attached hydrogen (secondary N) is 1. The molecule has 22 heavy (non-hydrogen) atoms. The van der Waals surface area contributed by atoms with Crippen molar-refractivity contribution in [3.63, 3.8) is 0 Å². The highest BCUT2D eigenvalue weighted by Crippen LogP contribution is 2.41. The number of furan rings is 1. The van der Waals surface area contributed by atoms with Crippen LogP contribution >= 0.6 is 0 Å². The molecule has 116 valence electrons. The Hall–Kier alpha value is -2.14. The Morgan fingerprint density at radius 2 is 2.27 bits per heavy atom. The van der Waals surface area contributed by atoms with Gasteiger partial charge in [0.15, 0.2) is 5.76 Å². The van der Waals surface area contributed by atoms with E-state index in [4.69, 9.17) is 9.15 Å². The number of methoxy groups -OCH3 is 1. The number of hydrogen-bond acceptors (Lipinski definition) is 4. The molecular formula is C17H20N2O3. The lowest BCUT2D eigenvalue weighted by Crippen LogP contribution is -2.30. The molecule has 0 radical (unpaired) electrons. The summed E-state index contributed by atoms with van der Waals surface area (Å²) >= 11 is 0. The molecule has 5 nitrogen and oxygen atoms in total. The molecule has 1 fully saturated rings. The van der Waals surface area contributed by atoms with Gasteiger partial charge < -0.3 is 14.5 Å². The zero-order chi connectivity index (χ0) is 15.5. The molecule has 2 heterocycles. The van der Waals surface area contributed by atoms with Gasteiger partial charge in [-0.25, -0.2) is 0 Å². The van der Waals surface area contributed by atoms with Gasteiger partial charge in [0, 0.05) is 13.3 Å². The van der Waals surface area contributed by atoms with Crippen LogP contribution in [0.5, 0.6) is 0 Å². The van der Waals surface area contributed by atoms with E-state index in [0.29, 0.717) is 24.0 Å². The summed E-state index contributed by atoms with van der Waals surface area (Å²) in [6.45, 7) is 2.38. The van der Waals surface area contributed by atoms with Crippen LogP contribution in [0.15, 0.2) is 34.9 Å². The molecule has 3 rings (SSSR count). The third-order valence-corrected chi connectivity index (χ3v) is 3.90. The third kappa shape index (κ3) is 3.20. The first-order valence-electron chi connectivity index (χ1n) is 7.49. The Labute approximate surface area is 129 Å². The Bertz CT molecular complexity index is 661. The lowest BCUT2D eigenvalue weighted by atomic mass is 10.0. The van der Waals surface area contributed by atoms with E-state index in [1.54, 1.807) is 25.4 Å². The van der Waals surface area contributed by atoms with Crippen molar-refractivity contribution in [3.05, 3.63) is 53.2 Å². The fraction of sp³-hybridized carbons (Fsp3) is 0.412. The van der Waals surface area contributed by atoms with Crippen LogP contribution in [0.1, 0.15) is 46.5 Å². The minimum absolute atomic E-state index is 0.0512. The lowest BCUT2D eigenvalue weighted by Gasteiger charge is -2.18. The number of ether oxygens (including phenoxy) is 1. The minimum atomic E-state index is -0.204. The maximum absolute atomic E-state index is 12.4. The first-order chi connectivity index (χ1) is 10.7. The molecule has 1 amide bonds. The molecule has 1 atom stereocenters. The standard InChI is InChI=1S/C17H20N2O3/c1-11-4-3-9-18-15(11)16(12-5-6-12)19-17(20)14-8-7-13(22-14)10-21-2/h3-4,7-9,12,16H,5-6,10H2,1-2H3,(H,19,20). The molecule has 2 aromatic rings. The third-order valence-electron chi connectivity index (χ3n) is 3.90. The number of nitrogens with zero attached hydrogens (tertiary/aromatic N) is 1. The zero-order valence-electron chi connectivity index (χ0n) is 12.8. The van der Waals surface area contributed by atoms with E-state index in [2.05, 4.69) is 10.3 Å². The minimum Gasteiger partial charge on any atom is -0.453 e. The van der Waals surface area contributed by atoms with Crippen LogP contribution in [0, 0.1) is 12.8 Å². The van der Waals surface area contributed by atoms with Gasteiger partial charge >= 0.3 is 0 Å². The largest absolute Gasteiger partial charge is 0.453 e. The van der Waals surface area contributed by atoms with Crippen molar-refractivity contribution >= 4 is 5.91 Å². The SMILES string of the molecule is COCc1ccc(C(=O)NC(c2ncccc2C)C2CC2)o1. The highest BCUT2D eigenvalue weighted by molar-refractivity contribution is 5.91. The van der Waals surface area contributed by atoms with Crippen LogP contribution in [0.2, 0.25) is 0 Å². The predicted molar refractivity (Wildman–Crippen MR) is 81.3 cm³/mol. The van der Waals surface area contributed by atoms with Crippen LogP contribution in [-0.4, -0.2) is 18.0 Å². The van der Waals surface area contributed by atoms with Crippen LogP contribution in [0.3, 0.4) is 0 Å². The quantitative estimate of drug-likeness (QED) is 0.890. The maximum Gasteiger partial charge on any atom is 0.287 e. The van der Waals surface area contributed by atoms with Crippen molar-refractivity contribution in [1.29, 1.82) is 0 Å². The van der Waals surface area contributed by atoms with Crippen molar-refractivity contribution in [2.24, 2.45) is 5.92 Å². The van der Waals surface area contributed by atoms with Crippen molar-refractivity contribution in [1.82, 2.24) is 10.3 Å². The summed E-state index contributed by atoms with van der Waals surface area (Å²) in [5.74, 6) is 1.21. The molecule has 1 N–H and O–H groups in total. The molecule has 5 heteroatoms. The monoisotopic (exact) mass is 300 g/mol. The zero-order valence-corrected chi connectivity index (χ0v) is 12.8. The van der Waals surface area contributed by atoms with E-state index in [-0.39, 0.29) is 11.9 Å². The molecule has 0 spiro atoms. The summed E-state index contributed by atoms with van der Waals surface area (Å²) in [5, 5.41) is 3.07. The lowest BCUT2D eigenvalue weighted by molar-refractivity contribution is 0.0894. The van der Waals surface area contributed by atoms with E-state index in [9.17, 15) is 4.79 Å². The fourth-order valence-electron chi connectivity index (χ4n) is 2.59. The van der Waals surface area contributed by atoms with Crippen molar-refractivity contribution in [2.75, 3.05) is 7.11 Å². The topological polar surface area (TPSA) is 64.4 Å². The highest BCUT2D eigenvalue weighted by Gasteiger charge is 2.35. The van der Waals surface area contributed by atoms with Crippen LogP contribution in [0.25, 0.3) is 0 Å². The highest BCUT2D eigenvalue weighted by atomic mass is 16.5. The first-order valence-corrected chi connectivity index (χ1v) is 7.49. The predicted octanol–water partition coefficient (Wildman–Crippen LogP) is 3.01. The number of rotatable bonds is 6. The second kappa shape index (κ2) is 6.32. The number of amides is 1. The fourth-order valence-corrected chi connectivity index (χ4v) is 2.59. The molecule has 0 aromatic carbocycles. The smallest absolute Gasteiger partial charge is 0.287 e. The average Bonchev–Trinajstić information content (AvgIpc) is 3.25. The van der Waals surface area contributed by atoms with Gasteiger partial charge in [0.1, 0.15) is 12.4 Å². The van der Waals surface area contributed by atoms with Gasteiger partial charge in [-0.2, -0.15) is 0 Å². The van der Waals surface area contributed by atoms with Gasteiger partial charge in [0.2, 0.25) is 0 Å². The second-order valence-corrected chi connectivity index (χ2v) is 5.69. The summed E-state index contributed by atoms with van der Waals surface area (Å²) < 4.78 is 10.5. The van der Waals surface area contributed by atoms with E-state index in [1.165, 1.54) is 0 Å². The molecule has 1 aliphatic carbocycles. The van der Waals surface area contributed by atoms with Crippen LogP contribution in [0.4, 0.5) is 0 Å². The van der Waals surface area contributed by atoms with Gasteiger partial charge in [-0.3, -0.25) is 9.78 Å². The normalized spacial score (nSPS) is 15.5. The Kier molecular flexibility index (Phi) is 4.24. The summed E-state index contributed by atoms with van der Waals surface area (Å²) in [7, 11) is 1.59. The molecule has 1 unspecified atom stereocenters. The van der Waals surface area contributed by atoms with Gasteiger partial charge in [-0.15, -0.1) is 0 Å². The molecule has 0 saturated heterocycles. The van der Waals surface area contributed by atoms with Crippen LogP contribution in [-0.2, 0) is 11.3 Å². The molecular weight excluding hydrogens is 280 g/mol. The molecule has 0 aliphatic heterocycles. The molecule has 0 bridgehead atoms. The van der Waals surface area contributed by atoms with Gasteiger partial charge in [0.05, 0.1) is 11.7 Å². The van der Waals surface area contributed by atoms with Crippen molar-refractivity contribution < 1.29 is 13.9 Å². The number of aryl methyl sites for hydroxylation is 1. The number of carbonyl (C=O) groups is 1. The van der Waals surface area contributed by atoms with E-state index in [0.717, 1.165) is 24.1 Å². The Balaban J connectivity index is 1.76. The first kappa shape index (κ1) is 14.8. The average molecular weight is 300 g/mol. The number of aromatic nitrogens is 1. The Morgan fingerprint density at radius 1 is 1.45 bits per heavy atom. The van der Waals surface area contributed by atoms with E-state index >= 15 is 0 Å². The van der Waals surface area contributed by atoms with Gasteiger partial charge in [-0.1, -0.05) is 6.07 Å². The summed E-state index contributed by atoms with van der Waals surface area (Å²) in [6.07, 6.45) is 4.01. The van der Waals surface area contributed by atoms with Gasteiger partial charge in [0.25, 0.3) is 5.91 Å². The van der Waals surface area contributed by atoms with E-state index < -0.39 is 0 Å². The Morgan fingerprint density at radius 3 is 2.95 bits per heavy atom. The van der Waals surface area contributed by atoms with Gasteiger partial charge in [-0.05, 0) is 49.4 Å². The van der Waals surface area contributed by atoms with Crippen molar-refractivity contribution in [3.8, 4) is 0 Å². The molecule has 1 saturated carbocycles. The summed E-state index contributed by atoms with van der Waals surface area (Å²) in [5.41, 5.74) is 2.04. The molecule has 1 aliphatic rings. The maximum atomic E-state index is 12.4. The molecule has 2 aromatic heterocycles. The second-order valence-electron chi connectivity index (χ2n) is 5.69. The summed E-state index contributed by atoms with van der Waals surface area (Å²) in [6, 6.07) is 7.32. The van der Waals surface area contributed by atoms with E-state index in [1.807, 2.05) is 19.1 Å². The van der Waals surface area contributed by atoms with Crippen LogP contribution < -0.4 is 5.32 Å². The summed E-state index contributed by atoms with van der Waals surface area (Å²) in [4.78, 5) is 16.9. The van der Waals surface area contributed by atoms with Crippen molar-refractivity contribution in [2.45, 2.75) is 32.4 Å². The number of hydrogen-bond donors (Lipinski definition) is 1. The number of pyridine rings is 1. The number of carbonyl (C=O) groups excluding carboxylic acids is 1.